The Kier molecular flexibility index (Phi) is 4.43. The summed E-state index contributed by atoms with van der Waals surface area (Å²) in [5.74, 6) is -0.888. The molecule has 0 aliphatic heterocycles. The molecule has 4 heteroatoms. The van der Waals surface area contributed by atoms with Crippen molar-refractivity contribution < 1.29 is 14.6 Å². The molecule has 2 N–H and O–H groups in total. The summed E-state index contributed by atoms with van der Waals surface area (Å²) >= 11 is 0. The van der Waals surface area contributed by atoms with Gasteiger partial charge in [0, 0.05) is 18.8 Å². The molecule has 2 atom stereocenters. The van der Waals surface area contributed by atoms with E-state index in [4.69, 9.17) is 9.84 Å². The Balaban J connectivity index is 2.09. The van der Waals surface area contributed by atoms with Crippen LogP contribution in [0.3, 0.4) is 0 Å². The van der Waals surface area contributed by atoms with Crippen LogP contribution in [0.5, 0.6) is 0 Å². The summed E-state index contributed by atoms with van der Waals surface area (Å²) in [6, 6.07) is 5.57. The molecule has 104 valence electrons. The van der Waals surface area contributed by atoms with E-state index in [0.29, 0.717) is 17.7 Å². The van der Waals surface area contributed by atoms with Crippen LogP contribution in [-0.2, 0) is 4.74 Å². The van der Waals surface area contributed by atoms with Crippen LogP contribution in [0.4, 0.5) is 5.69 Å². The zero-order valence-corrected chi connectivity index (χ0v) is 11.5. The minimum atomic E-state index is -0.888. The zero-order chi connectivity index (χ0) is 13.8. The SMILES string of the molecule is COC1CCCC(Nc2cc(C(=O)O)ccc2C)C1. The molecular formula is C15H21NO3. The average molecular weight is 263 g/mol. The van der Waals surface area contributed by atoms with Gasteiger partial charge in [0.2, 0.25) is 0 Å². The number of ether oxygens (including phenoxy) is 1. The monoisotopic (exact) mass is 263 g/mol. The first-order valence-electron chi connectivity index (χ1n) is 6.73. The highest BCUT2D eigenvalue weighted by Crippen LogP contribution is 2.26. The molecular weight excluding hydrogens is 242 g/mol. The van der Waals surface area contributed by atoms with E-state index < -0.39 is 5.97 Å². The minimum Gasteiger partial charge on any atom is -0.478 e. The highest BCUT2D eigenvalue weighted by Gasteiger charge is 2.22. The van der Waals surface area contributed by atoms with E-state index in [-0.39, 0.29) is 0 Å². The number of nitrogens with one attached hydrogen (secondary N) is 1. The molecule has 1 saturated carbocycles. The fourth-order valence-corrected chi connectivity index (χ4v) is 2.62. The fraction of sp³-hybridized carbons (Fsp3) is 0.533. The molecule has 0 radical (unpaired) electrons. The molecule has 0 amide bonds. The van der Waals surface area contributed by atoms with Gasteiger partial charge < -0.3 is 15.2 Å². The lowest BCUT2D eigenvalue weighted by atomic mass is 9.92. The summed E-state index contributed by atoms with van der Waals surface area (Å²) in [5.41, 5.74) is 2.32. The number of methoxy groups -OCH3 is 1. The lowest BCUT2D eigenvalue weighted by Gasteiger charge is -2.30. The fourth-order valence-electron chi connectivity index (χ4n) is 2.62. The van der Waals surface area contributed by atoms with Crippen molar-refractivity contribution in [2.45, 2.75) is 44.8 Å². The molecule has 1 fully saturated rings. The number of carboxylic acids is 1. The molecule has 1 aromatic rings. The van der Waals surface area contributed by atoms with Crippen LogP contribution in [0.25, 0.3) is 0 Å². The van der Waals surface area contributed by atoms with Crippen molar-refractivity contribution in [1.29, 1.82) is 0 Å². The number of anilines is 1. The van der Waals surface area contributed by atoms with Gasteiger partial charge in [-0.15, -0.1) is 0 Å². The van der Waals surface area contributed by atoms with Gasteiger partial charge in [0.1, 0.15) is 0 Å². The summed E-state index contributed by atoms with van der Waals surface area (Å²) in [6.07, 6.45) is 4.66. The number of carboxylic acid groups (broad SMARTS) is 1. The maximum atomic E-state index is 11.0. The van der Waals surface area contributed by atoms with Crippen LogP contribution >= 0.6 is 0 Å². The lowest BCUT2D eigenvalue weighted by molar-refractivity contribution is 0.0668. The van der Waals surface area contributed by atoms with Crippen molar-refractivity contribution in [1.82, 2.24) is 0 Å². The molecule has 4 nitrogen and oxygen atoms in total. The van der Waals surface area contributed by atoms with Gasteiger partial charge in [0.15, 0.2) is 0 Å². The Morgan fingerprint density at radius 3 is 2.89 bits per heavy atom. The highest BCUT2D eigenvalue weighted by molar-refractivity contribution is 5.89. The molecule has 0 saturated heterocycles. The van der Waals surface area contributed by atoms with E-state index in [1.54, 1.807) is 19.2 Å². The van der Waals surface area contributed by atoms with Crippen LogP contribution < -0.4 is 5.32 Å². The Labute approximate surface area is 113 Å². The molecule has 0 heterocycles. The number of rotatable bonds is 4. The first-order valence-corrected chi connectivity index (χ1v) is 6.73. The summed E-state index contributed by atoms with van der Waals surface area (Å²) in [4.78, 5) is 11.0. The van der Waals surface area contributed by atoms with Gasteiger partial charge in [-0.3, -0.25) is 0 Å². The number of aromatic carboxylic acids is 1. The van der Waals surface area contributed by atoms with Crippen LogP contribution in [0.2, 0.25) is 0 Å². The standard InChI is InChI=1S/C15H21NO3/c1-10-6-7-11(15(17)18)8-14(10)16-12-4-3-5-13(9-12)19-2/h6-8,12-13,16H,3-5,9H2,1-2H3,(H,17,18). The minimum absolute atomic E-state index is 0.314. The van der Waals surface area contributed by atoms with E-state index in [1.165, 1.54) is 0 Å². The Hall–Kier alpha value is -1.55. The second kappa shape index (κ2) is 6.06. The summed E-state index contributed by atoms with van der Waals surface area (Å²) < 4.78 is 5.42. The van der Waals surface area contributed by atoms with Gasteiger partial charge in [-0.1, -0.05) is 6.07 Å². The number of hydrogen-bond donors (Lipinski definition) is 2. The van der Waals surface area contributed by atoms with E-state index in [1.807, 2.05) is 13.0 Å². The van der Waals surface area contributed by atoms with Crippen molar-refractivity contribution in [2.24, 2.45) is 0 Å². The molecule has 0 spiro atoms. The van der Waals surface area contributed by atoms with Crippen molar-refractivity contribution in [3.63, 3.8) is 0 Å². The zero-order valence-electron chi connectivity index (χ0n) is 11.5. The van der Waals surface area contributed by atoms with E-state index in [9.17, 15) is 4.79 Å². The lowest BCUT2D eigenvalue weighted by Crippen LogP contribution is -2.31. The van der Waals surface area contributed by atoms with E-state index >= 15 is 0 Å². The largest absolute Gasteiger partial charge is 0.478 e. The Morgan fingerprint density at radius 2 is 2.21 bits per heavy atom. The van der Waals surface area contributed by atoms with Gasteiger partial charge in [-0.2, -0.15) is 0 Å². The molecule has 1 aliphatic carbocycles. The maximum Gasteiger partial charge on any atom is 0.335 e. The second-order valence-corrected chi connectivity index (χ2v) is 5.20. The van der Waals surface area contributed by atoms with Gasteiger partial charge in [-0.05, 0) is 50.3 Å². The molecule has 2 rings (SSSR count). The predicted molar refractivity (Wildman–Crippen MR) is 74.8 cm³/mol. The molecule has 1 aliphatic rings. The van der Waals surface area contributed by atoms with Crippen LogP contribution in [0.1, 0.15) is 41.6 Å². The highest BCUT2D eigenvalue weighted by atomic mass is 16.5. The third-order valence-corrected chi connectivity index (χ3v) is 3.80. The van der Waals surface area contributed by atoms with Gasteiger partial charge in [0.05, 0.1) is 11.7 Å². The quantitative estimate of drug-likeness (QED) is 0.876. The first kappa shape index (κ1) is 13.9. The van der Waals surface area contributed by atoms with Crippen LogP contribution in [0.15, 0.2) is 18.2 Å². The van der Waals surface area contributed by atoms with Crippen molar-refractivity contribution in [3.05, 3.63) is 29.3 Å². The predicted octanol–water partition coefficient (Wildman–Crippen LogP) is 3.06. The Bertz CT molecular complexity index is 459. The van der Waals surface area contributed by atoms with Gasteiger partial charge in [-0.25, -0.2) is 4.79 Å². The van der Waals surface area contributed by atoms with Crippen molar-refractivity contribution >= 4 is 11.7 Å². The molecule has 0 aromatic heterocycles. The van der Waals surface area contributed by atoms with Crippen LogP contribution in [0, 0.1) is 6.92 Å². The van der Waals surface area contributed by atoms with E-state index in [2.05, 4.69) is 5.32 Å². The number of benzene rings is 1. The molecule has 0 bridgehead atoms. The van der Waals surface area contributed by atoms with Gasteiger partial charge >= 0.3 is 5.97 Å². The molecule has 2 unspecified atom stereocenters. The van der Waals surface area contributed by atoms with Crippen molar-refractivity contribution in [2.75, 3.05) is 12.4 Å². The average Bonchev–Trinajstić information content (AvgIpc) is 2.41. The third-order valence-electron chi connectivity index (χ3n) is 3.80. The summed E-state index contributed by atoms with van der Waals surface area (Å²) in [5, 5.41) is 12.5. The number of aryl methyl sites for hydroxylation is 1. The van der Waals surface area contributed by atoms with Crippen molar-refractivity contribution in [3.8, 4) is 0 Å². The second-order valence-electron chi connectivity index (χ2n) is 5.20. The Morgan fingerprint density at radius 1 is 1.42 bits per heavy atom. The van der Waals surface area contributed by atoms with Crippen LogP contribution in [-0.4, -0.2) is 30.3 Å². The van der Waals surface area contributed by atoms with E-state index in [0.717, 1.165) is 36.9 Å². The summed E-state index contributed by atoms with van der Waals surface area (Å²) in [7, 11) is 1.75. The van der Waals surface area contributed by atoms with Gasteiger partial charge in [0.25, 0.3) is 0 Å². The summed E-state index contributed by atoms with van der Waals surface area (Å²) in [6.45, 7) is 1.99. The smallest absolute Gasteiger partial charge is 0.335 e. The first-order chi connectivity index (χ1) is 9.10. The maximum absolute atomic E-state index is 11.0. The third kappa shape index (κ3) is 3.47. The normalized spacial score (nSPS) is 23.1. The molecule has 1 aromatic carbocycles. The molecule has 19 heavy (non-hydrogen) atoms. The topological polar surface area (TPSA) is 58.6 Å². The number of carbonyl (C=O) groups is 1. The number of hydrogen-bond acceptors (Lipinski definition) is 3.